The molecule has 1 aliphatic heterocycles. The van der Waals surface area contributed by atoms with Crippen LogP contribution >= 0.6 is 0 Å². The van der Waals surface area contributed by atoms with Crippen LogP contribution in [-0.2, 0) is 9.53 Å². The van der Waals surface area contributed by atoms with Gasteiger partial charge in [0, 0.05) is 19.1 Å². The van der Waals surface area contributed by atoms with Gasteiger partial charge in [0.1, 0.15) is 0 Å². The fourth-order valence-electron chi connectivity index (χ4n) is 3.06. The van der Waals surface area contributed by atoms with Crippen molar-refractivity contribution in [3.05, 3.63) is 35.9 Å². The number of nitrogens with one attached hydrogen (secondary N) is 1. The number of esters is 1. The first-order valence-electron chi connectivity index (χ1n) is 7.83. The molecule has 116 valence electrons. The number of methoxy groups -OCH3 is 1. The van der Waals surface area contributed by atoms with Crippen LogP contribution in [0.3, 0.4) is 0 Å². The largest absolute Gasteiger partial charge is 0.469 e. The number of hydrogen-bond donors (Lipinski definition) is 1. The Balaban J connectivity index is 2.11. The van der Waals surface area contributed by atoms with Crippen molar-refractivity contribution in [2.24, 2.45) is 0 Å². The molecule has 21 heavy (non-hydrogen) atoms. The van der Waals surface area contributed by atoms with E-state index in [9.17, 15) is 4.79 Å². The second kappa shape index (κ2) is 8.15. The van der Waals surface area contributed by atoms with Gasteiger partial charge in [-0.05, 0) is 31.5 Å². The number of likely N-dealkylation sites (N-methyl/N-ethyl adjacent to an activating group) is 1. The van der Waals surface area contributed by atoms with Crippen LogP contribution in [-0.4, -0.2) is 50.2 Å². The molecule has 1 aromatic rings. The van der Waals surface area contributed by atoms with Gasteiger partial charge in [-0.2, -0.15) is 0 Å². The van der Waals surface area contributed by atoms with Crippen LogP contribution in [0.1, 0.15) is 31.2 Å². The predicted molar refractivity (Wildman–Crippen MR) is 84.3 cm³/mol. The zero-order valence-corrected chi connectivity index (χ0v) is 13.0. The van der Waals surface area contributed by atoms with E-state index in [1.807, 2.05) is 30.3 Å². The monoisotopic (exact) mass is 290 g/mol. The van der Waals surface area contributed by atoms with E-state index in [4.69, 9.17) is 4.74 Å². The highest BCUT2D eigenvalue weighted by atomic mass is 16.5. The highest BCUT2D eigenvalue weighted by Crippen LogP contribution is 2.21. The maximum Gasteiger partial charge on any atom is 0.314 e. The SMILES string of the molecule is CCN(CC(C(=O)OC)c1ccccc1)C1CCCNC1. The molecule has 0 amide bonds. The number of carbonyl (C=O) groups is 1. The number of nitrogens with zero attached hydrogens (tertiary/aromatic N) is 1. The summed E-state index contributed by atoms with van der Waals surface area (Å²) < 4.78 is 5.02. The molecule has 1 aromatic carbocycles. The summed E-state index contributed by atoms with van der Waals surface area (Å²) in [7, 11) is 1.47. The number of ether oxygens (including phenoxy) is 1. The second-order valence-corrected chi connectivity index (χ2v) is 5.57. The maximum atomic E-state index is 12.2. The Kier molecular flexibility index (Phi) is 6.21. The lowest BCUT2D eigenvalue weighted by atomic mass is 9.96. The molecule has 2 rings (SSSR count). The van der Waals surface area contributed by atoms with Crippen molar-refractivity contribution >= 4 is 5.97 Å². The lowest BCUT2D eigenvalue weighted by Gasteiger charge is -2.35. The van der Waals surface area contributed by atoms with Crippen molar-refractivity contribution in [2.45, 2.75) is 31.7 Å². The summed E-state index contributed by atoms with van der Waals surface area (Å²) in [5, 5.41) is 3.45. The van der Waals surface area contributed by atoms with Gasteiger partial charge < -0.3 is 10.1 Å². The van der Waals surface area contributed by atoms with Crippen LogP contribution < -0.4 is 5.32 Å². The zero-order chi connectivity index (χ0) is 15.1. The fraction of sp³-hybridized carbons (Fsp3) is 0.588. The molecule has 1 heterocycles. The van der Waals surface area contributed by atoms with Crippen molar-refractivity contribution in [2.75, 3.05) is 33.3 Å². The van der Waals surface area contributed by atoms with Gasteiger partial charge in [-0.25, -0.2) is 0 Å². The van der Waals surface area contributed by atoms with Crippen LogP contribution in [0.5, 0.6) is 0 Å². The van der Waals surface area contributed by atoms with Gasteiger partial charge in [-0.15, -0.1) is 0 Å². The van der Waals surface area contributed by atoms with Crippen molar-refractivity contribution < 1.29 is 9.53 Å². The van der Waals surface area contributed by atoms with Gasteiger partial charge in [0.2, 0.25) is 0 Å². The molecule has 1 N–H and O–H groups in total. The fourth-order valence-corrected chi connectivity index (χ4v) is 3.06. The third-order valence-electron chi connectivity index (χ3n) is 4.30. The van der Waals surface area contributed by atoms with Gasteiger partial charge >= 0.3 is 5.97 Å². The lowest BCUT2D eigenvalue weighted by molar-refractivity contribution is -0.143. The molecule has 0 radical (unpaired) electrons. The van der Waals surface area contributed by atoms with Gasteiger partial charge in [-0.1, -0.05) is 37.3 Å². The minimum absolute atomic E-state index is 0.150. The molecule has 0 saturated carbocycles. The molecule has 1 saturated heterocycles. The van der Waals surface area contributed by atoms with E-state index < -0.39 is 0 Å². The standard InChI is InChI=1S/C17H26N2O2/c1-3-19(15-10-7-11-18-12-15)13-16(17(20)21-2)14-8-5-4-6-9-14/h4-6,8-9,15-16,18H,3,7,10-13H2,1-2H3. The summed E-state index contributed by atoms with van der Waals surface area (Å²) in [6.07, 6.45) is 2.40. The van der Waals surface area contributed by atoms with Crippen LogP contribution in [0.25, 0.3) is 0 Å². The third kappa shape index (κ3) is 4.29. The summed E-state index contributed by atoms with van der Waals surface area (Å²) in [6.45, 7) is 5.95. The van der Waals surface area contributed by atoms with E-state index in [0.29, 0.717) is 6.04 Å². The second-order valence-electron chi connectivity index (χ2n) is 5.57. The van der Waals surface area contributed by atoms with Gasteiger partial charge in [0.25, 0.3) is 0 Å². The first-order chi connectivity index (χ1) is 10.3. The third-order valence-corrected chi connectivity index (χ3v) is 4.30. The van der Waals surface area contributed by atoms with E-state index in [1.165, 1.54) is 20.0 Å². The highest BCUT2D eigenvalue weighted by molar-refractivity contribution is 5.78. The van der Waals surface area contributed by atoms with E-state index in [2.05, 4.69) is 17.1 Å². The molecule has 2 atom stereocenters. The molecule has 0 spiro atoms. The molecular formula is C17H26N2O2. The molecule has 4 heteroatoms. The quantitative estimate of drug-likeness (QED) is 0.814. The molecular weight excluding hydrogens is 264 g/mol. The number of rotatable bonds is 6. The van der Waals surface area contributed by atoms with Gasteiger partial charge in [0.05, 0.1) is 13.0 Å². The van der Waals surface area contributed by atoms with Crippen molar-refractivity contribution in [1.29, 1.82) is 0 Å². The zero-order valence-electron chi connectivity index (χ0n) is 13.0. The number of carbonyl (C=O) groups excluding carboxylic acids is 1. The molecule has 0 aliphatic carbocycles. The Morgan fingerprint density at radius 2 is 2.19 bits per heavy atom. The van der Waals surface area contributed by atoms with E-state index in [1.54, 1.807) is 0 Å². The van der Waals surface area contributed by atoms with Crippen molar-refractivity contribution in [3.8, 4) is 0 Å². The van der Waals surface area contributed by atoms with E-state index >= 15 is 0 Å². The van der Waals surface area contributed by atoms with Crippen LogP contribution in [0.4, 0.5) is 0 Å². The first kappa shape index (κ1) is 16.0. The molecule has 0 aromatic heterocycles. The Hall–Kier alpha value is -1.39. The van der Waals surface area contributed by atoms with Gasteiger partial charge in [0.15, 0.2) is 0 Å². The normalized spacial score (nSPS) is 20.2. The van der Waals surface area contributed by atoms with Crippen molar-refractivity contribution in [3.63, 3.8) is 0 Å². The smallest absolute Gasteiger partial charge is 0.314 e. The van der Waals surface area contributed by atoms with E-state index in [0.717, 1.165) is 31.7 Å². The molecule has 2 unspecified atom stereocenters. The number of piperidine rings is 1. The highest BCUT2D eigenvalue weighted by Gasteiger charge is 2.27. The van der Waals surface area contributed by atoms with E-state index in [-0.39, 0.29) is 11.9 Å². The Bertz CT molecular complexity index is 430. The molecule has 1 aliphatic rings. The predicted octanol–water partition coefficient (Wildman–Crippen LogP) is 2.02. The minimum atomic E-state index is -0.210. The molecule has 0 bridgehead atoms. The first-order valence-corrected chi connectivity index (χ1v) is 7.83. The summed E-state index contributed by atoms with van der Waals surface area (Å²) in [4.78, 5) is 14.6. The van der Waals surface area contributed by atoms with Gasteiger partial charge in [-0.3, -0.25) is 9.69 Å². The Morgan fingerprint density at radius 1 is 1.43 bits per heavy atom. The lowest BCUT2D eigenvalue weighted by Crippen LogP contribution is -2.48. The van der Waals surface area contributed by atoms with Crippen LogP contribution in [0, 0.1) is 0 Å². The number of hydrogen-bond acceptors (Lipinski definition) is 4. The summed E-state index contributed by atoms with van der Waals surface area (Å²) >= 11 is 0. The Labute approximate surface area is 127 Å². The summed E-state index contributed by atoms with van der Waals surface area (Å²) in [5.41, 5.74) is 1.03. The number of benzene rings is 1. The summed E-state index contributed by atoms with van der Waals surface area (Å²) in [5.74, 6) is -0.360. The van der Waals surface area contributed by atoms with Crippen LogP contribution in [0.2, 0.25) is 0 Å². The molecule has 1 fully saturated rings. The Morgan fingerprint density at radius 3 is 2.76 bits per heavy atom. The van der Waals surface area contributed by atoms with Crippen LogP contribution in [0.15, 0.2) is 30.3 Å². The topological polar surface area (TPSA) is 41.6 Å². The van der Waals surface area contributed by atoms with Crippen molar-refractivity contribution in [1.82, 2.24) is 10.2 Å². The average Bonchev–Trinajstić information content (AvgIpc) is 2.57. The minimum Gasteiger partial charge on any atom is -0.469 e. The maximum absolute atomic E-state index is 12.2. The summed E-state index contributed by atoms with van der Waals surface area (Å²) in [6, 6.07) is 10.5. The molecule has 4 nitrogen and oxygen atoms in total. The average molecular weight is 290 g/mol.